The van der Waals surface area contributed by atoms with E-state index in [9.17, 15) is 15.0 Å². The normalized spacial score (nSPS) is 19.4. The summed E-state index contributed by atoms with van der Waals surface area (Å²) in [4.78, 5) is 11.6. The molecule has 1 saturated carbocycles. The molecule has 0 bridgehead atoms. The van der Waals surface area contributed by atoms with Crippen molar-refractivity contribution in [3.63, 3.8) is 0 Å². The number of benzene rings is 1. The van der Waals surface area contributed by atoms with Crippen LogP contribution in [-0.2, 0) is 10.4 Å². The molecule has 1 fully saturated rings. The average molecular weight is 297 g/mol. The van der Waals surface area contributed by atoms with Gasteiger partial charge >= 0.3 is 5.97 Å². The summed E-state index contributed by atoms with van der Waals surface area (Å²) in [7, 11) is 0. The van der Waals surface area contributed by atoms with Gasteiger partial charge in [-0.15, -0.1) is 0 Å². The number of hydrogen-bond acceptors (Lipinski definition) is 2. The summed E-state index contributed by atoms with van der Waals surface area (Å²) in [5, 5.41) is 21.3. The molecule has 2 unspecified atom stereocenters. The van der Waals surface area contributed by atoms with Crippen LogP contribution >= 0.6 is 11.6 Å². The van der Waals surface area contributed by atoms with Crippen molar-refractivity contribution in [1.29, 1.82) is 0 Å². The topological polar surface area (TPSA) is 57.5 Å². The van der Waals surface area contributed by atoms with Crippen LogP contribution in [0.5, 0.6) is 0 Å². The Morgan fingerprint density at radius 1 is 1.40 bits per heavy atom. The number of aliphatic hydroxyl groups is 1. The minimum Gasteiger partial charge on any atom is -0.481 e. The summed E-state index contributed by atoms with van der Waals surface area (Å²) in [5.74, 6) is -1.62. The Morgan fingerprint density at radius 2 is 2.00 bits per heavy atom. The van der Waals surface area contributed by atoms with Crippen LogP contribution in [-0.4, -0.2) is 16.2 Å². The first-order chi connectivity index (χ1) is 9.50. The lowest BCUT2D eigenvalue weighted by molar-refractivity contribution is -0.156. The standard InChI is InChI=1S/C16H21ClO3/c1-2-3-4-14(15(18)19)16(20,11-5-6-11)12-7-9-13(17)10-8-12/h7-11,14,20H,2-6H2,1H3,(H,18,19). The predicted molar refractivity (Wildman–Crippen MR) is 78.7 cm³/mol. The van der Waals surface area contributed by atoms with Gasteiger partial charge in [0.25, 0.3) is 0 Å². The third kappa shape index (κ3) is 2.99. The van der Waals surface area contributed by atoms with E-state index in [1.54, 1.807) is 24.3 Å². The maximum atomic E-state index is 11.6. The number of halogens is 1. The van der Waals surface area contributed by atoms with Crippen molar-refractivity contribution in [1.82, 2.24) is 0 Å². The maximum absolute atomic E-state index is 11.6. The molecule has 0 aliphatic heterocycles. The van der Waals surface area contributed by atoms with Gasteiger partial charge in [-0.3, -0.25) is 4.79 Å². The van der Waals surface area contributed by atoms with Crippen LogP contribution in [0.1, 0.15) is 44.6 Å². The molecule has 0 radical (unpaired) electrons. The number of carbonyl (C=O) groups is 1. The highest BCUT2D eigenvalue weighted by molar-refractivity contribution is 6.30. The Labute approximate surface area is 124 Å². The summed E-state index contributed by atoms with van der Waals surface area (Å²) < 4.78 is 0. The number of unbranched alkanes of at least 4 members (excludes halogenated alkanes) is 1. The molecule has 0 aromatic heterocycles. The number of carboxylic acid groups (broad SMARTS) is 1. The fraction of sp³-hybridized carbons (Fsp3) is 0.562. The lowest BCUT2D eigenvalue weighted by atomic mass is 9.75. The summed E-state index contributed by atoms with van der Waals surface area (Å²) in [5.41, 5.74) is -0.598. The molecular formula is C16H21ClO3. The fourth-order valence-electron chi connectivity index (χ4n) is 2.90. The Kier molecular flexibility index (Phi) is 4.71. The van der Waals surface area contributed by atoms with E-state index in [4.69, 9.17) is 11.6 Å². The second kappa shape index (κ2) is 6.15. The number of carboxylic acids is 1. The smallest absolute Gasteiger partial charge is 0.309 e. The summed E-state index contributed by atoms with van der Waals surface area (Å²) in [6.07, 6.45) is 4.00. The SMILES string of the molecule is CCCCC(C(=O)O)C(O)(c1ccc(Cl)cc1)C1CC1. The van der Waals surface area contributed by atoms with Gasteiger partial charge in [-0.2, -0.15) is 0 Å². The first-order valence-corrected chi connectivity index (χ1v) is 7.59. The molecule has 110 valence electrons. The fourth-order valence-corrected chi connectivity index (χ4v) is 3.03. The summed E-state index contributed by atoms with van der Waals surface area (Å²) >= 11 is 5.88. The van der Waals surface area contributed by atoms with Crippen molar-refractivity contribution in [3.05, 3.63) is 34.9 Å². The van der Waals surface area contributed by atoms with Gasteiger partial charge in [-0.1, -0.05) is 43.5 Å². The second-order valence-corrected chi connectivity index (χ2v) is 6.08. The van der Waals surface area contributed by atoms with E-state index in [2.05, 4.69) is 0 Å². The molecule has 1 aromatic rings. The molecule has 0 saturated heterocycles. The van der Waals surface area contributed by atoms with Crippen molar-refractivity contribution in [2.45, 2.75) is 44.6 Å². The van der Waals surface area contributed by atoms with Crippen LogP contribution in [0.25, 0.3) is 0 Å². The van der Waals surface area contributed by atoms with Crippen LogP contribution in [0, 0.1) is 11.8 Å². The van der Waals surface area contributed by atoms with Crippen molar-refractivity contribution in [2.24, 2.45) is 11.8 Å². The summed E-state index contributed by atoms with van der Waals surface area (Å²) in [6.45, 7) is 2.03. The molecule has 1 aromatic carbocycles. The lowest BCUT2D eigenvalue weighted by Crippen LogP contribution is -2.42. The maximum Gasteiger partial charge on any atom is 0.309 e. The number of hydrogen-bond donors (Lipinski definition) is 2. The molecular weight excluding hydrogens is 276 g/mol. The van der Waals surface area contributed by atoms with E-state index < -0.39 is 17.5 Å². The Bertz CT molecular complexity index is 467. The summed E-state index contributed by atoms with van der Waals surface area (Å²) in [6, 6.07) is 6.93. The van der Waals surface area contributed by atoms with Gasteiger partial charge in [0.15, 0.2) is 0 Å². The van der Waals surface area contributed by atoms with Crippen molar-refractivity contribution in [3.8, 4) is 0 Å². The molecule has 20 heavy (non-hydrogen) atoms. The molecule has 0 amide bonds. The van der Waals surface area contributed by atoms with E-state index in [0.717, 1.165) is 25.7 Å². The van der Waals surface area contributed by atoms with Crippen LogP contribution in [0.4, 0.5) is 0 Å². The van der Waals surface area contributed by atoms with Crippen LogP contribution in [0.3, 0.4) is 0 Å². The molecule has 2 N–H and O–H groups in total. The van der Waals surface area contributed by atoms with Gasteiger partial charge in [0.2, 0.25) is 0 Å². The molecule has 4 heteroatoms. The van der Waals surface area contributed by atoms with Gasteiger partial charge in [-0.25, -0.2) is 0 Å². The highest BCUT2D eigenvalue weighted by Crippen LogP contribution is 2.51. The molecule has 0 spiro atoms. The lowest BCUT2D eigenvalue weighted by Gasteiger charge is -2.35. The monoisotopic (exact) mass is 296 g/mol. The Balaban J connectivity index is 2.36. The molecule has 1 aliphatic carbocycles. The van der Waals surface area contributed by atoms with E-state index in [-0.39, 0.29) is 5.92 Å². The minimum atomic E-state index is -1.27. The molecule has 1 aliphatic rings. The largest absolute Gasteiger partial charge is 0.481 e. The third-order valence-corrected chi connectivity index (χ3v) is 4.43. The molecule has 3 nitrogen and oxygen atoms in total. The molecule has 2 rings (SSSR count). The zero-order valence-electron chi connectivity index (χ0n) is 11.7. The minimum absolute atomic E-state index is 0.0432. The van der Waals surface area contributed by atoms with Gasteiger partial charge in [-0.05, 0) is 42.9 Å². The van der Waals surface area contributed by atoms with E-state index in [0.29, 0.717) is 17.0 Å². The predicted octanol–water partition coefficient (Wildman–Crippen LogP) is 3.83. The van der Waals surface area contributed by atoms with E-state index in [1.807, 2.05) is 6.92 Å². The Morgan fingerprint density at radius 3 is 2.45 bits per heavy atom. The highest BCUT2D eigenvalue weighted by Gasteiger charge is 2.52. The van der Waals surface area contributed by atoms with Gasteiger partial charge in [0.1, 0.15) is 5.60 Å². The zero-order chi connectivity index (χ0) is 14.8. The first kappa shape index (κ1) is 15.3. The van der Waals surface area contributed by atoms with Crippen LogP contribution in [0.15, 0.2) is 24.3 Å². The quantitative estimate of drug-likeness (QED) is 0.804. The Hall–Kier alpha value is -1.06. The van der Waals surface area contributed by atoms with Crippen LogP contribution in [0.2, 0.25) is 5.02 Å². The van der Waals surface area contributed by atoms with Gasteiger partial charge in [0, 0.05) is 5.02 Å². The van der Waals surface area contributed by atoms with Crippen LogP contribution < -0.4 is 0 Å². The second-order valence-electron chi connectivity index (χ2n) is 5.64. The van der Waals surface area contributed by atoms with E-state index in [1.165, 1.54) is 0 Å². The number of rotatable bonds is 7. The zero-order valence-corrected chi connectivity index (χ0v) is 12.4. The van der Waals surface area contributed by atoms with Gasteiger partial charge in [0.05, 0.1) is 5.92 Å². The first-order valence-electron chi connectivity index (χ1n) is 7.21. The van der Waals surface area contributed by atoms with Gasteiger partial charge < -0.3 is 10.2 Å². The van der Waals surface area contributed by atoms with Crippen molar-refractivity contribution in [2.75, 3.05) is 0 Å². The molecule has 2 atom stereocenters. The molecule has 0 heterocycles. The van der Waals surface area contributed by atoms with Crippen molar-refractivity contribution < 1.29 is 15.0 Å². The van der Waals surface area contributed by atoms with E-state index >= 15 is 0 Å². The highest BCUT2D eigenvalue weighted by atomic mass is 35.5. The third-order valence-electron chi connectivity index (χ3n) is 4.18. The average Bonchev–Trinajstić information content (AvgIpc) is 3.23. The number of aliphatic carboxylic acids is 1. The van der Waals surface area contributed by atoms with Crippen molar-refractivity contribution >= 4 is 17.6 Å².